The number of rotatable bonds is 1. The second kappa shape index (κ2) is 3.26. The van der Waals surface area contributed by atoms with Crippen molar-refractivity contribution in [3.8, 4) is 5.88 Å². The van der Waals surface area contributed by atoms with Crippen LogP contribution >= 0.6 is 22.6 Å². The van der Waals surface area contributed by atoms with Crippen molar-refractivity contribution >= 4 is 28.2 Å². The van der Waals surface area contributed by atoms with Crippen LogP contribution in [0.2, 0.25) is 0 Å². The molecular weight excluding hydrogens is 297 g/mol. The molecule has 0 aliphatic rings. The summed E-state index contributed by atoms with van der Waals surface area (Å²) in [6.45, 7) is 0. The van der Waals surface area contributed by atoms with Gasteiger partial charge in [-0.15, -0.1) is 0 Å². The molecule has 0 fully saturated rings. The molecule has 2 aromatic heterocycles. The minimum Gasteiger partial charge on any atom is -0.482 e. The van der Waals surface area contributed by atoms with E-state index in [0.29, 0.717) is 11.5 Å². The van der Waals surface area contributed by atoms with Gasteiger partial charge in [-0.1, -0.05) is 0 Å². The van der Waals surface area contributed by atoms with Crippen LogP contribution in [-0.4, -0.2) is 21.3 Å². The number of hydrogen-bond acceptors (Lipinski definition) is 3. The molecule has 2 aromatic rings. The van der Waals surface area contributed by atoms with Crippen LogP contribution < -0.4 is 10.4 Å². The van der Waals surface area contributed by atoms with Gasteiger partial charge in [0.05, 0.1) is 7.11 Å². The molecule has 0 aliphatic heterocycles. The van der Waals surface area contributed by atoms with Crippen molar-refractivity contribution in [3.63, 3.8) is 0 Å². The molecule has 5 nitrogen and oxygen atoms in total. The Labute approximate surface area is 93.4 Å². The van der Waals surface area contributed by atoms with E-state index in [1.54, 1.807) is 13.1 Å². The van der Waals surface area contributed by atoms with E-state index in [1.165, 1.54) is 16.2 Å². The van der Waals surface area contributed by atoms with E-state index in [2.05, 4.69) is 27.7 Å². The highest BCUT2D eigenvalue weighted by atomic mass is 127. The fourth-order valence-electron chi connectivity index (χ4n) is 1.28. The normalized spacial score (nSPS) is 10.8. The van der Waals surface area contributed by atoms with E-state index >= 15 is 0 Å². The van der Waals surface area contributed by atoms with Gasteiger partial charge in [-0.3, -0.25) is 0 Å². The lowest BCUT2D eigenvalue weighted by molar-refractivity contribution is 0.389. The number of hydrogen-bond donors (Lipinski definition) is 0. The summed E-state index contributed by atoms with van der Waals surface area (Å²) in [6.07, 6.45) is 0. The van der Waals surface area contributed by atoms with Gasteiger partial charge in [-0.2, -0.15) is 5.10 Å². The predicted octanol–water partition coefficient (Wildman–Crippen LogP) is 0.646. The quantitative estimate of drug-likeness (QED) is 0.727. The molecule has 0 amide bonds. The van der Waals surface area contributed by atoms with Crippen LogP contribution in [-0.2, 0) is 7.05 Å². The Balaban J connectivity index is 2.96. The minimum absolute atomic E-state index is 0.201. The third-order valence-corrected chi connectivity index (χ3v) is 2.53. The number of nitrogens with zero attached hydrogens (tertiary/aromatic N) is 3. The van der Waals surface area contributed by atoms with Crippen molar-refractivity contribution in [1.29, 1.82) is 0 Å². The number of ether oxygens (including phenoxy) is 1. The van der Waals surface area contributed by atoms with Crippen LogP contribution in [0.4, 0.5) is 0 Å². The number of pyridine rings is 1. The van der Waals surface area contributed by atoms with E-state index in [-0.39, 0.29) is 5.69 Å². The molecule has 0 aromatic carbocycles. The Kier molecular flexibility index (Phi) is 2.22. The van der Waals surface area contributed by atoms with Crippen molar-refractivity contribution in [2.75, 3.05) is 7.11 Å². The van der Waals surface area contributed by atoms with Crippen molar-refractivity contribution in [2.45, 2.75) is 0 Å². The molecule has 0 saturated carbocycles. The zero-order valence-electron chi connectivity index (χ0n) is 7.69. The SMILES string of the molecule is COc1cc(I)cc2nn(C)c(=O)n12. The summed E-state index contributed by atoms with van der Waals surface area (Å²) in [6, 6.07) is 3.61. The van der Waals surface area contributed by atoms with Crippen molar-refractivity contribution in [3.05, 3.63) is 26.2 Å². The number of aryl methyl sites for hydroxylation is 1. The summed E-state index contributed by atoms with van der Waals surface area (Å²) in [5.74, 6) is 0.505. The molecule has 0 radical (unpaired) electrons. The van der Waals surface area contributed by atoms with Crippen LogP contribution in [0.5, 0.6) is 5.88 Å². The fraction of sp³-hybridized carbons (Fsp3) is 0.250. The van der Waals surface area contributed by atoms with Gasteiger partial charge >= 0.3 is 5.69 Å². The number of methoxy groups -OCH3 is 1. The van der Waals surface area contributed by atoms with Crippen LogP contribution in [0.1, 0.15) is 0 Å². The van der Waals surface area contributed by atoms with Crippen molar-refractivity contribution in [2.24, 2.45) is 7.05 Å². The molecule has 14 heavy (non-hydrogen) atoms. The van der Waals surface area contributed by atoms with Gasteiger partial charge in [0, 0.05) is 16.7 Å². The first kappa shape index (κ1) is 9.50. The summed E-state index contributed by atoms with van der Waals surface area (Å²) in [7, 11) is 3.14. The van der Waals surface area contributed by atoms with Gasteiger partial charge in [0.15, 0.2) is 5.65 Å². The lowest BCUT2D eigenvalue weighted by atomic mass is 10.4. The van der Waals surface area contributed by atoms with Crippen molar-refractivity contribution in [1.82, 2.24) is 14.2 Å². The summed E-state index contributed by atoms with van der Waals surface area (Å²) in [5.41, 5.74) is 0.398. The molecule has 0 atom stereocenters. The standard InChI is InChI=1S/C8H8IN3O2/c1-11-8(13)12-6(10-11)3-5(9)4-7(12)14-2/h3-4H,1-2H3. The Morgan fingerprint density at radius 3 is 2.86 bits per heavy atom. The van der Waals surface area contributed by atoms with Gasteiger partial charge in [-0.05, 0) is 28.7 Å². The Morgan fingerprint density at radius 2 is 2.21 bits per heavy atom. The third-order valence-electron chi connectivity index (χ3n) is 1.91. The predicted molar refractivity (Wildman–Crippen MR) is 59.7 cm³/mol. The highest BCUT2D eigenvalue weighted by molar-refractivity contribution is 14.1. The Morgan fingerprint density at radius 1 is 1.50 bits per heavy atom. The topological polar surface area (TPSA) is 48.5 Å². The molecule has 74 valence electrons. The molecule has 0 N–H and O–H groups in total. The fourth-order valence-corrected chi connectivity index (χ4v) is 1.83. The van der Waals surface area contributed by atoms with Crippen LogP contribution in [0.3, 0.4) is 0 Å². The Hall–Kier alpha value is -1.05. The monoisotopic (exact) mass is 305 g/mol. The van der Waals surface area contributed by atoms with Crippen LogP contribution in [0, 0.1) is 3.57 Å². The lowest BCUT2D eigenvalue weighted by Gasteiger charge is -2.01. The molecule has 2 heterocycles. The summed E-state index contributed by atoms with van der Waals surface area (Å²) >= 11 is 2.15. The van der Waals surface area contributed by atoms with E-state index in [4.69, 9.17) is 4.74 Å². The average molecular weight is 305 g/mol. The van der Waals surface area contributed by atoms with Gasteiger partial charge < -0.3 is 4.74 Å². The zero-order chi connectivity index (χ0) is 10.3. The molecular formula is C8H8IN3O2. The maximum absolute atomic E-state index is 11.6. The maximum atomic E-state index is 11.6. The number of fused-ring (bicyclic) bond motifs is 1. The van der Waals surface area contributed by atoms with Gasteiger partial charge in [0.25, 0.3) is 0 Å². The molecule has 6 heteroatoms. The van der Waals surface area contributed by atoms with E-state index in [0.717, 1.165) is 3.57 Å². The highest BCUT2D eigenvalue weighted by Crippen LogP contribution is 2.16. The first-order chi connectivity index (χ1) is 6.63. The van der Waals surface area contributed by atoms with Crippen molar-refractivity contribution < 1.29 is 4.74 Å². The Bertz CT molecular complexity index is 543. The van der Waals surface area contributed by atoms with Gasteiger partial charge in [-0.25, -0.2) is 13.9 Å². The second-order valence-corrected chi connectivity index (χ2v) is 4.06. The number of aromatic nitrogens is 3. The average Bonchev–Trinajstić information content (AvgIpc) is 2.41. The molecule has 0 bridgehead atoms. The molecule has 0 unspecified atom stereocenters. The summed E-state index contributed by atoms with van der Waals surface area (Å²) in [4.78, 5) is 11.6. The highest BCUT2D eigenvalue weighted by Gasteiger charge is 2.09. The van der Waals surface area contributed by atoms with Crippen LogP contribution in [0.25, 0.3) is 5.65 Å². The van der Waals surface area contributed by atoms with Gasteiger partial charge in [0.1, 0.15) is 0 Å². The molecule has 0 spiro atoms. The maximum Gasteiger partial charge on any atom is 0.352 e. The largest absolute Gasteiger partial charge is 0.482 e. The minimum atomic E-state index is -0.201. The summed E-state index contributed by atoms with van der Waals surface area (Å²) in [5, 5.41) is 4.06. The lowest BCUT2D eigenvalue weighted by Crippen LogP contribution is -2.18. The first-order valence-electron chi connectivity index (χ1n) is 3.93. The molecule has 0 aliphatic carbocycles. The van der Waals surface area contributed by atoms with E-state index in [1.807, 2.05) is 6.07 Å². The molecule has 0 saturated heterocycles. The zero-order valence-corrected chi connectivity index (χ0v) is 9.85. The first-order valence-corrected chi connectivity index (χ1v) is 5.00. The second-order valence-electron chi connectivity index (χ2n) is 2.82. The van der Waals surface area contributed by atoms with Crippen LogP contribution in [0.15, 0.2) is 16.9 Å². The van der Waals surface area contributed by atoms with E-state index < -0.39 is 0 Å². The summed E-state index contributed by atoms with van der Waals surface area (Å²) < 4.78 is 8.81. The molecule has 2 rings (SSSR count). The third kappa shape index (κ3) is 1.29. The van der Waals surface area contributed by atoms with Gasteiger partial charge in [0.2, 0.25) is 5.88 Å². The number of halogens is 1. The smallest absolute Gasteiger partial charge is 0.352 e. The van der Waals surface area contributed by atoms with E-state index in [9.17, 15) is 4.79 Å².